The molecular weight excluding hydrogens is 236 g/mol. The first-order chi connectivity index (χ1) is 8.70. The van der Waals surface area contributed by atoms with Gasteiger partial charge < -0.3 is 18.9 Å². The molecule has 0 amide bonds. The average molecular weight is 254 g/mol. The van der Waals surface area contributed by atoms with Crippen molar-refractivity contribution in [3.63, 3.8) is 0 Å². The molecule has 18 heavy (non-hydrogen) atoms. The molecule has 1 aliphatic carbocycles. The molecule has 0 spiro atoms. The van der Waals surface area contributed by atoms with E-state index in [1.807, 2.05) is 0 Å². The van der Waals surface area contributed by atoms with E-state index in [9.17, 15) is 4.79 Å². The Bertz CT molecular complexity index is 378. The predicted octanol–water partition coefficient (Wildman–Crippen LogP) is 1.43. The summed E-state index contributed by atoms with van der Waals surface area (Å²) in [4.78, 5) is 10.9. The summed E-state index contributed by atoms with van der Waals surface area (Å²) in [6.45, 7) is 1.75. The normalized spacial score (nSPS) is 41.0. The first kappa shape index (κ1) is 12.0. The van der Waals surface area contributed by atoms with E-state index in [1.54, 1.807) is 13.4 Å². The van der Waals surface area contributed by atoms with Crippen LogP contribution in [0.5, 0.6) is 0 Å². The van der Waals surface area contributed by atoms with Crippen molar-refractivity contribution in [1.82, 2.24) is 0 Å². The quantitative estimate of drug-likeness (QED) is 0.713. The molecule has 100 valence electrons. The third-order valence-corrected chi connectivity index (χ3v) is 4.21. The SMILES string of the molecule is CO[C@@H]1O[C@H]2OC=C(COC(C)=O)[C@H]3CC[C@@H]1[C@@H]23. The van der Waals surface area contributed by atoms with Gasteiger partial charge >= 0.3 is 5.97 Å². The fourth-order valence-corrected chi connectivity index (χ4v) is 3.44. The lowest BCUT2D eigenvalue weighted by Crippen LogP contribution is -2.31. The monoisotopic (exact) mass is 254 g/mol. The van der Waals surface area contributed by atoms with E-state index in [1.165, 1.54) is 6.92 Å². The zero-order chi connectivity index (χ0) is 12.7. The maximum atomic E-state index is 10.9. The molecule has 2 heterocycles. The van der Waals surface area contributed by atoms with Gasteiger partial charge in [-0.25, -0.2) is 0 Å². The van der Waals surface area contributed by atoms with Crippen molar-refractivity contribution in [2.24, 2.45) is 17.8 Å². The van der Waals surface area contributed by atoms with Gasteiger partial charge in [-0.2, -0.15) is 0 Å². The van der Waals surface area contributed by atoms with Gasteiger partial charge in [-0.1, -0.05) is 0 Å². The van der Waals surface area contributed by atoms with E-state index in [4.69, 9.17) is 18.9 Å². The highest BCUT2D eigenvalue weighted by molar-refractivity contribution is 5.66. The molecule has 0 bridgehead atoms. The van der Waals surface area contributed by atoms with Crippen LogP contribution in [0.1, 0.15) is 19.8 Å². The lowest BCUT2D eigenvalue weighted by atomic mass is 9.84. The third-order valence-electron chi connectivity index (χ3n) is 4.21. The molecule has 2 fully saturated rings. The minimum absolute atomic E-state index is 0.161. The van der Waals surface area contributed by atoms with Crippen LogP contribution in [0, 0.1) is 17.8 Å². The largest absolute Gasteiger partial charge is 0.472 e. The highest BCUT2D eigenvalue weighted by Crippen LogP contribution is 2.52. The van der Waals surface area contributed by atoms with Crippen LogP contribution < -0.4 is 0 Å². The zero-order valence-electron chi connectivity index (χ0n) is 10.6. The molecule has 0 unspecified atom stereocenters. The fraction of sp³-hybridized carbons (Fsp3) is 0.769. The van der Waals surface area contributed by atoms with Gasteiger partial charge in [0.2, 0.25) is 6.29 Å². The van der Waals surface area contributed by atoms with Crippen molar-refractivity contribution < 1.29 is 23.7 Å². The zero-order valence-corrected chi connectivity index (χ0v) is 10.6. The van der Waals surface area contributed by atoms with Crippen LogP contribution in [-0.2, 0) is 23.7 Å². The van der Waals surface area contributed by atoms with Gasteiger partial charge in [0.05, 0.1) is 6.26 Å². The van der Waals surface area contributed by atoms with Crippen molar-refractivity contribution in [2.75, 3.05) is 13.7 Å². The van der Waals surface area contributed by atoms with Gasteiger partial charge in [0, 0.05) is 31.4 Å². The molecule has 0 N–H and O–H groups in total. The summed E-state index contributed by atoms with van der Waals surface area (Å²) in [5, 5.41) is 0. The van der Waals surface area contributed by atoms with Crippen LogP contribution in [0.4, 0.5) is 0 Å². The molecule has 5 nitrogen and oxygen atoms in total. The topological polar surface area (TPSA) is 54.0 Å². The van der Waals surface area contributed by atoms with E-state index < -0.39 is 0 Å². The van der Waals surface area contributed by atoms with Crippen LogP contribution in [0.3, 0.4) is 0 Å². The molecule has 1 saturated carbocycles. The first-order valence-corrected chi connectivity index (χ1v) is 6.36. The van der Waals surface area contributed by atoms with E-state index in [0.29, 0.717) is 24.4 Å². The lowest BCUT2D eigenvalue weighted by Gasteiger charge is -2.30. The standard InChI is InChI=1S/C13H18O5/c1-7(14)16-5-8-6-17-13-11-9(8)3-4-10(11)12(15-2)18-13/h6,9-13H,3-5H2,1-2H3/t9-,10-,11+,12-,13-/m1/s1. The van der Waals surface area contributed by atoms with Gasteiger partial charge in [-0.3, -0.25) is 4.79 Å². The maximum absolute atomic E-state index is 10.9. The molecule has 3 aliphatic rings. The van der Waals surface area contributed by atoms with Gasteiger partial charge in [0.1, 0.15) is 6.61 Å². The molecule has 3 rings (SSSR count). The van der Waals surface area contributed by atoms with Crippen LogP contribution in [-0.4, -0.2) is 32.3 Å². The molecule has 5 heteroatoms. The number of hydrogen-bond donors (Lipinski definition) is 0. The first-order valence-electron chi connectivity index (χ1n) is 6.36. The van der Waals surface area contributed by atoms with E-state index >= 15 is 0 Å². The van der Waals surface area contributed by atoms with Crippen molar-refractivity contribution in [1.29, 1.82) is 0 Å². The second kappa shape index (κ2) is 4.55. The average Bonchev–Trinajstić information content (AvgIpc) is 2.93. The Morgan fingerprint density at radius 3 is 3.06 bits per heavy atom. The highest BCUT2D eigenvalue weighted by Gasteiger charge is 2.55. The lowest BCUT2D eigenvalue weighted by molar-refractivity contribution is -0.197. The summed E-state index contributed by atoms with van der Waals surface area (Å²) in [6, 6.07) is 0. The summed E-state index contributed by atoms with van der Waals surface area (Å²) in [5.41, 5.74) is 1.06. The van der Waals surface area contributed by atoms with Crippen molar-refractivity contribution in [3.05, 3.63) is 11.8 Å². The number of carbonyl (C=O) groups excluding carboxylic acids is 1. The maximum Gasteiger partial charge on any atom is 0.302 e. The van der Waals surface area contributed by atoms with Crippen LogP contribution in [0.15, 0.2) is 11.8 Å². The third kappa shape index (κ3) is 1.82. The summed E-state index contributed by atoms with van der Waals surface area (Å²) in [6.07, 6.45) is 3.51. The van der Waals surface area contributed by atoms with E-state index in [2.05, 4.69) is 0 Å². The minimum Gasteiger partial charge on any atom is -0.472 e. The van der Waals surface area contributed by atoms with Crippen LogP contribution in [0.2, 0.25) is 0 Å². The minimum atomic E-state index is -0.259. The van der Waals surface area contributed by atoms with Crippen LogP contribution in [0.25, 0.3) is 0 Å². The summed E-state index contributed by atoms with van der Waals surface area (Å²) in [5.74, 6) is 0.870. The van der Waals surface area contributed by atoms with Crippen molar-refractivity contribution in [3.8, 4) is 0 Å². The Morgan fingerprint density at radius 2 is 2.33 bits per heavy atom. The van der Waals surface area contributed by atoms with E-state index in [-0.39, 0.29) is 18.5 Å². The molecule has 1 saturated heterocycles. The smallest absolute Gasteiger partial charge is 0.302 e. The summed E-state index contributed by atoms with van der Waals surface area (Å²) >= 11 is 0. The second-order valence-electron chi connectivity index (χ2n) is 5.14. The summed E-state index contributed by atoms with van der Waals surface area (Å²) < 4.78 is 21.8. The Morgan fingerprint density at radius 1 is 1.50 bits per heavy atom. The fourth-order valence-electron chi connectivity index (χ4n) is 3.44. The Hall–Kier alpha value is -1.07. The number of ether oxygens (including phenoxy) is 4. The van der Waals surface area contributed by atoms with Gasteiger partial charge in [0.25, 0.3) is 0 Å². The van der Waals surface area contributed by atoms with Gasteiger partial charge in [0.15, 0.2) is 6.29 Å². The van der Waals surface area contributed by atoms with Crippen molar-refractivity contribution in [2.45, 2.75) is 32.3 Å². The Balaban J connectivity index is 1.73. The number of rotatable bonds is 3. The Kier molecular flexibility index (Phi) is 3.03. The molecule has 0 aromatic heterocycles. The number of carbonyl (C=O) groups is 1. The highest BCUT2D eigenvalue weighted by atomic mass is 16.8. The molecule has 5 atom stereocenters. The molecule has 0 aromatic rings. The van der Waals surface area contributed by atoms with Gasteiger partial charge in [-0.05, 0) is 18.8 Å². The molecular formula is C13H18O5. The number of methoxy groups -OCH3 is 1. The van der Waals surface area contributed by atoms with Crippen molar-refractivity contribution >= 4 is 5.97 Å². The molecule has 0 radical (unpaired) electrons. The number of esters is 1. The Labute approximate surface area is 106 Å². The number of hydrogen-bond acceptors (Lipinski definition) is 5. The van der Waals surface area contributed by atoms with Gasteiger partial charge in [-0.15, -0.1) is 0 Å². The molecule has 2 aliphatic heterocycles. The summed E-state index contributed by atoms with van der Waals surface area (Å²) in [7, 11) is 1.67. The second-order valence-corrected chi connectivity index (χ2v) is 5.14. The van der Waals surface area contributed by atoms with E-state index in [0.717, 1.165) is 18.4 Å². The predicted molar refractivity (Wildman–Crippen MR) is 61.2 cm³/mol. The van der Waals surface area contributed by atoms with Crippen LogP contribution >= 0.6 is 0 Å². The molecule has 0 aromatic carbocycles.